The van der Waals surface area contributed by atoms with Gasteiger partial charge in [-0.2, -0.15) is 0 Å². The molecule has 4 aromatic rings. The quantitative estimate of drug-likeness (QED) is 0.503. The average Bonchev–Trinajstić information content (AvgIpc) is 3.08. The number of nitrogens with one attached hydrogen (secondary N) is 1. The van der Waals surface area contributed by atoms with Crippen LogP contribution in [-0.4, -0.2) is 10.9 Å². The molecule has 0 bridgehead atoms. The Morgan fingerprint density at radius 2 is 2.09 bits per heavy atom. The van der Waals surface area contributed by atoms with Crippen molar-refractivity contribution in [2.75, 3.05) is 5.32 Å². The zero-order chi connectivity index (χ0) is 16.0. The zero-order valence-corrected chi connectivity index (χ0v) is 14.5. The van der Waals surface area contributed by atoms with E-state index in [1.165, 1.54) is 0 Å². The Morgan fingerprint density at radius 3 is 2.96 bits per heavy atom. The van der Waals surface area contributed by atoms with E-state index in [-0.39, 0.29) is 5.91 Å². The predicted octanol–water partition coefficient (Wildman–Crippen LogP) is 5.37. The third-order valence-electron chi connectivity index (χ3n) is 3.46. The molecule has 0 aliphatic heterocycles. The van der Waals surface area contributed by atoms with Gasteiger partial charge in [-0.3, -0.25) is 4.79 Å². The Kier molecular flexibility index (Phi) is 3.43. The van der Waals surface area contributed by atoms with Gasteiger partial charge in [0.15, 0.2) is 5.76 Å². The van der Waals surface area contributed by atoms with Crippen molar-refractivity contribution < 1.29 is 9.21 Å². The highest BCUT2D eigenvalue weighted by atomic mass is 79.9. The number of thiazole rings is 1. The molecule has 0 radical (unpaired) electrons. The molecule has 2 aromatic heterocycles. The molecule has 0 atom stereocenters. The minimum Gasteiger partial charge on any atom is -0.451 e. The van der Waals surface area contributed by atoms with Crippen molar-refractivity contribution in [2.24, 2.45) is 0 Å². The van der Waals surface area contributed by atoms with Crippen LogP contribution >= 0.6 is 27.3 Å². The molecule has 0 aliphatic rings. The summed E-state index contributed by atoms with van der Waals surface area (Å²) in [6, 6.07) is 13.1. The lowest BCUT2D eigenvalue weighted by Gasteiger charge is -2.02. The van der Waals surface area contributed by atoms with Gasteiger partial charge in [0, 0.05) is 15.5 Å². The van der Waals surface area contributed by atoms with Crippen LogP contribution in [0.5, 0.6) is 0 Å². The fraction of sp³-hybridized carbons (Fsp3) is 0.0588. The zero-order valence-electron chi connectivity index (χ0n) is 12.1. The summed E-state index contributed by atoms with van der Waals surface area (Å²) in [5, 5.41) is 4.77. The van der Waals surface area contributed by atoms with Gasteiger partial charge >= 0.3 is 0 Å². The van der Waals surface area contributed by atoms with Crippen LogP contribution in [0.3, 0.4) is 0 Å². The van der Waals surface area contributed by atoms with Crippen molar-refractivity contribution in [1.82, 2.24) is 4.98 Å². The summed E-state index contributed by atoms with van der Waals surface area (Å²) in [6.45, 7) is 1.97. The number of carbonyl (C=O) groups excluding carboxylic acids is 1. The number of anilines is 1. The first-order valence-corrected chi connectivity index (χ1v) is 8.57. The van der Waals surface area contributed by atoms with Crippen LogP contribution in [-0.2, 0) is 0 Å². The molecule has 2 heterocycles. The van der Waals surface area contributed by atoms with Crippen LogP contribution in [0.2, 0.25) is 0 Å². The number of carbonyl (C=O) groups is 1. The highest BCUT2D eigenvalue weighted by molar-refractivity contribution is 9.10. The topological polar surface area (TPSA) is 55.1 Å². The van der Waals surface area contributed by atoms with Gasteiger partial charge in [0.1, 0.15) is 5.58 Å². The van der Waals surface area contributed by atoms with E-state index in [9.17, 15) is 4.79 Å². The van der Waals surface area contributed by atoms with E-state index in [2.05, 4.69) is 26.2 Å². The number of hydrogen-bond acceptors (Lipinski definition) is 4. The van der Waals surface area contributed by atoms with E-state index in [4.69, 9.17) is 4.42 Å². The lowest BCUT2D eigenvalue weighted by Crippen LogP contribution is -2.10. The number of benzene rings is 2. The second-order valence-electron chi connectivity index (χ2n) is 5.16. The molecule has 0 saturated heterocycles. The fourth-order valence-electron chi connectivity index (χ4n) is 2.43. The smallest absolute Gasteiger partial charge is 0.291 e. The van der Waals surface area contributed by atoms with Gasteiger partial charge in [-0.1, -0.05) is 15.9 Å². The standard InChI is InChI=1S/C17H11BrN2O2S/c1-9-19-13-5-4-12(8-16(13)23-9)20-17(21)15-6-10-2-3-11(18)7-14(10)22-15/h2-8H,1H3,(H,20,21). The Labute approximate surface area is 144 Å². The first-order valence-electron chi connectivity index (χ1n) is 6.96. The molecule has 23 heavy (non-hydrogen) atoms. The van der Waals surface area contributed by atoms with Gasteiger partial charge in [0.05, 0.1) is 15.2 Å². The van der Waals surface area contributed by atoms with Crippen LogP contribution < -0.4 is 5.32 Å². The highest BCUT2D eigenvalue weighted by Gasteiger charge is 2.13. The molecular weight excluding hydrogens is 376 g/mol. The normalized spacial score (nSPS) is 11.2. The number of halogens is 1. The second-order valence-corrected chi connectivity index (χ2v) is 7.31. The number of furan rings is 1. The third kappa shape index (κ3) is 2.75. The van der Waals surface area contributed by atoms with Crippen LogP contribution in [0.15, 0.2) is 51.4 Å². The summed E-state index contributed by atoms with van der Waals surface area (Å²) in [7, 11) is 0. The first kappa shape index (κ1) is 14.4. The number of nitrogens with zero attached hydrogens (tertiary/aromatic N) is 1. The molecule has 2 aromatic carbocycles. The molecule has 4 rings (SSSR count). The van der Waals surface area contributed by atoms with E-state index < -0.39 is 0 Å². The molecule has 0 unspecified atom stereocenters. The summed E-state index contributed by atoms with van der Waals surface area (Å²) >= 11 is 5.00. The summed E-state index contributed by atoms with van der Waals surface area (Å²) in [5.74, 6) is 0.0246. The molecule has 0 saturated carbocycles. The largest absolute Gasteiger partial charge is 0.451 e. The molecule has 4 nitrogen and oxygen atoms in total. The number of amides is 1. The molecule has 114 valence electrons. The monoisotopic (exact) mass is 386 g/mol. The van der Waals surface area contributed by atoms with E-state index in [0.717, 1.165) is 30.8 Å². The molecule has 0 aliphatic carbocycles. The van der Waals surface area contributed by atoms with E-state index in [1.54, 1.807) is 17.4 Å². The average molecular weight is 387 g/mol. The van der Waals surface area contributed by atoms with E-state index in [0.29, 0.717) is 11.3 Å². The van der Waals surface area contributed by atoms with Gasteiger partial charge in [-0.25, -0.2) is 4.98 Å². The molecule has 0 fully saturated rings. The minimum atomic E-state index is -0.266. The SMILES string of the molecule is Cc1nc2ccc(NC(=O)c3cc4ccc(Br)cc4o3)cc2s1. The van der Waals surface area contributed by atoms with Crippen molar-refractivity contribution in [2.45, 2.75) is 6.92 Å². The number of aromatic nitrogens is 1. The number of rotatable bonds is 2. The summed E-state index contributed by atoms with van der Waals surface area (Å²) in [6.07, 6.45) is 0. The highest BCUT2D eigenvalue weighted by Crippen LogP contribution is 2.26. The first-order chi connectivity index (χ1) is 11.1. The summed E-state index contributed by atoms with van der Waals surface area (Å²) < 4.78 is 7.59. The Balaban J connectivity index is 1.64. The number of fused-ring (bicyclic) bond motifs is 2. The van der Waals surface area contributed by atoms with Crippen LogP contribution in [0.1, 0.15) is 15.6 Å². The van der Waals surface area contributed by atoms with E-state index in [1.807, 2.05) is 43.3 Å². The van der Waals surface area contributed by atoms with Crippen LogP contribution in [0.4, 0.5) is 5.69 Å². The van der Waals surface area contributed by atoms with Gasteiger partial charge in [-0.05, 0) is 49.4 Å². The molecule has 0 spiro atoms. The minimum absolute atomic E-state index is 0.266. The molecular formula is C17H11BrN2O2S. The maximum Gasteiger partial charge on any atom is 0.291 e. The Bertz CT molecular complexity index is 1050. The maximum absolute atomic E-state index is 12.4. The Hall–Kier alpha value is -2.18. The van der Waals surface area contributed by atoms with Crippen molar-refractivity contribution in [3.8, 4) is 0 Å². The summed E-state index contributed by atoms with van der Waals surface area (Å²) in [4.78, 5) is 16.8. The van der Waals surface area contributed by atoms with Gasteiger partial charge in [0.2, 0.25) is 0 Å². The van der Waals surface area contributed by atoms with Crippen molar-refractivity contribution in [1.29, 1.82) is 0 Å². The van der Waals surface area contributed by atoms with Crippen molar-refractivity contribution >= 4 is 60.0 Å². The molecule has 1 N–H and O–H groups in total. The van der Waals surface area contributed by atoms with Gasteiger partial charge in [0.25, 0.3) is 5.91 Å². The number of aryl methyl sites for hydroxylation is 1. The number of hydrogen-bond donors (Lipinski definition) is 1. The fourth-order valence-corrected chi connectivity index (χ4v) is 3.63. The Morgan fingerprint density at radius 1 is 1.22 bits per heavy atom. The third-order valence-corrected chi connectivity index (χ3v) is 4.89. The summed E-state index contributed by atoms with van der Waals surface area (Å²) in [5.41, 5.74) is 2.35. The second kappa shape index (κ2) is 5.47. The van der Waals surface area contributed by atoms with Crippen molar-refractivity contribution in [3.05, 3.63) is 57.7 Å². The van der Waals surface area contributed by atoms with Crippen molar-refractivity contribution in [3.63, 3.8) is 0 Å². The lowest BCUT2D eigenvalue weighted by atomic mass is 10.2. The van der Waals surface area contributed by atoms with Gasteiger partial charge < -0.3 is 9.73 Å². The van der Waals surface area contributed by atoms with Crippen LogP contribution in [0, 0.1) is 6.92 Å². The maximum atomic E-state index is 12.4. The lowest BCUT2D eigenvalue weighted by molar-refractivity contribution is 0.0998. The van der Waals surface area contributed by atoms with Gasteiger partial charge in [-0.15, -0.1) is 11.3 Å². The molecule has 1 amide bonds. The predicted molar refractivity (Wildman–Crippen MR) is 96.2 cm³/mol. The molecule has 6 heteroatoms. The van der Waals surface area contributed by atoms with Crippen LogP contribution in [0.25, 0.3) is 21.2 Å². The van der Waals surface area contributed by atoms with E-state index >= 15 is 0 Å².